The Hall–Kier alpha value is -1.75. The first-order chi connectivity index (χ1) is 7.63. The van der Waals surface area contributed by atoms with Gasteiger partial charge < -0.3 is 21.5 Å². The highest BCUT2D eigenvalue weighted by molar-refractivity contribution is 5.78. The summed E-state index contributed by atoms with van der Waals surface area (Å²) in [5.74, 6) is 0.119. The van der Waals surface area contributed by atoms with Gasteiger partial charge in [-0.3, -0.25) is 4.79 Å². The number of nitrogens with two attached hydrogens (primary N) is 2. The molecule has 5 nitrogen and oxygen atoms in total. The molecule has 0 fully saturated rings. The van der Waals surface area contributed by atoms with E-state index in [4.69, 9.17) is 16.2 Å². The number of hydrogen-bond acceptors (Lipinski definition) is 4. The van der Waals surface area contributed by atoms with Crippen molar-refractivity contribution in [1.29, 1.82) is 0 Å². The third-order valence-corrected chi connectivity index (χ3v) is 2.02. The molecule has 0 aromatic heterocycles. The van der Waals surface area contributed by atoms with E-state index >= 15 is 0 Å². The van der Waals surface area contributed by atoms with Gasteiger partial charge >= 0.3 is 0 Å². The summed E-state index contributed by atoms with van der Waals surface area (Å²) in [4.78, 5) is 10.8. The Morgan fingerprint density at radius 3 is 2.94 bits per heavy atom. The number of carbonyl (C=O) groups excluding carboxylic acids is 1. The lowest BCUT2D eigenvalue weighted by atomic mass is 10.3. The summed E-state index contributed by atoms with van der Waals surface area (Å²) in [7, 11) is 0. The monoisotopic (exact) mass is 223 g/mol. The molecule has 0 aliphatic heterocycles. The van der Waals surface area contributed by atoms with Gasteiger partial charge in [0.25, 0.3) is 5.91 Å². The van der Waals surface area contributed by atoms with E-state index in [9.17, 15) is 4.79 Å². The van der Waals surface area contributed by atoms with Gasteiger partial charge in [0.2, 0.25) is 0 Å². The van der Waals surface area contributed by atoms with Gasteiger partial charge in [0.1, 0.15) is 5.75 Å². The summed E-state index contributed by atoms with van der Waals surface area (Å²) < 4.78 is 5.35. The minimum absolute atomic E-state index is 0.486. The first kappa shape index (κ1) is 12.3. The van der Waals surface area contributed by atoms with Crippen LogP contribution in [0.25, 0.3) is 0 Å². The Balaban J connectivity index is 2.63. The van der Waals surface area contributed by atoms with E-state index in [1.807, 2.05) is 12.1 Å². The number of anilines is 1. The molecule has 0 saturated carbocycles. The van der Waals surface area contributed by atoms with Crippen LogP contribution in [0, 0.1) is 0 Å². The normalized spacial score (nSPS) is 11.9. The first-order valence-electron chi connectivity index (χ1n) is 5.13. The molecular formula is C11H17N3O2. The molecular weight excluding hydrogens is 206 g/mol. The Morgan fingerprint density at radius 1 is 1.56 bits per heavy atom. The molecule has 1 aromatic rings. The maximum absolute atomic E-state index is 10.8. The molecule has 1 amide bonds. The van der Waals surface area contributed by atoms with E-state index in [2.05, 4.69) is 5.32 Å². The Kier molecular flexibility index (Phi) is 4.60. The van der Waals surface area contributed by atoms with Crippen LogP contribution in [-0.2, 0) is 4.79 Å². The van der Waals surface area contributed by atoms with Crippen molar-refractivity contribution < 1.29 is 9.53 Å². The third kappa shape index (κ3) is 3.78. The number of amides is 1. The molecule has 0 aliphatic rings. The Bertz CT molecular complexity index is 355. The van der Waals surface area contributed by atoms with Gasteiger partial charge in [-0.25, -0.2) is 0 Å². The highest BCUT2D eigenvalue weighted by atomic mass is 16.5. The average molecular weight is 223 g/mol. The number of carbonyl (C=O) groups is 1. The molecule has 0 aliphatic carbocycles. The smallest absolute Gasteiger partial charge is 0.258 e. The molecule has 0 saturated heterocycles. The Morgan fingerprint density at radius 2 is 2.31 bits per heavy atom. The first-order valence-corrected chi connectivity index (χ1v) is 5.13. The van der Waals surface area contributed by atoms with Crippen LogP contribution in [-0.4, -0.2) is 25.1 Å². The van der Waals surface area contributed by atoms with Crippen molar-refractivity contribution in [3.05, 3.63) is 24.3 Å². The van der Waals surface area contributed by atoms with Crippen LogP contribution >= 0.6 is 0 Å². The predicted molar refractivity (Wildman–Crippen MR) is 63.3 cm³/mol. The maximum atomic E-state index is 10.8. The second kappa shape index (κ2) is 5.97. The number of nitrogens with one attached hydrogen (secondary N) is 1. The van der Waals surface area contributed by atoms with Gasteiger partial charge in [-0.15, -0.1) is 0 Å². The van der Waals surface area contributed by atoms with Crippen molar-refractivity contribution >= 4 is 11.6 Å². The molecule has 88 valence electrons. The fourth-order valence-electron chi connectivity index (χ4n) is 1.16. The molecule has 0 heterocycles. The van der Waals surface area contributed by atoms with Crippen molar-refractivity contribution in [3.63, 3.8) is 0 Å². The van der Waals surface area contributed by atoms with E-state index in [1.54, 1.807) is 19.1 Å². The topological polar surface area (TPSA) is 90.4 Å². The number of benzene rings is 1. The van der Waals surface area contributed by atoms with Crippen molar-refractivity contribution in [2.24, 2.45) is 11.5 Å². The lowest BCUT2D eigenvalue weighted by molar-refractivity contribution is -0.123. The van der Waals surface area contributed by atoms with Gasteiger partial charge in [0, 0.05) is 24.8 Å². The molecule has 0 bridgehead atoms. The van der Waals surface area contributed by atoms with Gasteiger partial charge in [-0.2, -0.15) is 0 Å². The van der Waals surface area contributed by atoms with Crippen LogP contribution in [0.15, 0.2) is 24.3 Å². The largest absolute Gasteiger partial charge is 0.481 e. The fourth-order valence-corrected chi connectivity index (χ4v) is 1.16. The fraction of sp³-hybridized carbons (Fsp3) is 0.364. The molecule has 1 unspecified atom stereocenters. The quantitative estimate of drug-likeness (QED) is 0.647. The van der Waals surface area contributed by atoms with Crippen molar-refractivity contribution in [2.75, 3.05) is 18.4 Å². The zero-order chi connectivity index (χ0) is 12.0. The molecule has 1 rings (SSSR count). The van der Waals surface area contributed by atoms with Crippen LogP contribution in [0.3, 0.4) is 0 Å². The molecule has 1 aromatic carbocycles. The average Bonchev–Trinajstić information content (AvgIpc) is 2.26. The highest BCUT2D eigenvalue weighted by Crippen LogP contribution is 2.18. The van der Waals surface area contributed by atoms with Crippen LogP contribution < -0.4 is 21.5 Å². The number of ether oxygens (including phenoxy) is 1. The minimum Gasteiger partial charge on any atom is -0.481 e. The van der Waals surface area contributed by atoms with E-state index < -0.39 is 12.0 Å². The summed E-state index contributed by atoms with van der Waals surface area (Å²) in [6.45, 7) is 2.86. The molecule has 5 N–H and O–H groups in total. The van der Waals surface area contributed by atoms with Crippen LogP contribution in [0.1, 0.15) is 6.92 Å². The lowest BCUT2D eigenvalue weighted by Gasteiger charge is -2.12. The van der Waals surface area contributed by atoms with E-state index in [1.165, 1.54) is 0 Å². The second-order valence-electron chi connectivity index (χ2n) is 3.41. The zero-order valence-electron chi connectivity index (χ0n) is 9.27. The second-order valence-corrected chi connectivity index (χ2v) is 3.41. The number of hydrogen-bond donors (Lipinski definition) is 3. The van der Waals surface area contributed by atoms with Crippen molar-refractivity contribution in [3.8, 4) is 5.75 Å². The molecule has 16 heavy (non-hydrogen) atoms. The van der Waals surface area contributed by atoms with Gasteiger partial charge in [0.05, 0.1) is 0 Å². The summed E-state index contributed by atoms with van der Waals surface area (Å²) in [6.07, 6.45) is -0.634. The maximum Gasteiger partial charge on any atom is 0.258 e. The van der Waals surface area contributed by atoms with Crippen LogP contribution in [0.4, 0.5) is 5.69 Å². The molecule has 0 radical (unpaired) electrons. The number of rotatable bonds is 6. The van der Waals surface area contributed by atoms with Gasteiger partial charge in [-0.05, 0) is 19.1 Å². The van der Waals surface area contributed by atoms with E-state index in [0.29, 0.717) is 18.8 Å². The predicted octanol–water partition coefficient (Wildman–Crippen LogP) is 0.310. The summed E-state index contributed by atoms with van der Waals surface area (Å²) in [6, 6.07) is 7.31. The van der Waals surface area contributed by atoms with Gasteiger partial charge in [-0.1, -0.05) is 6.07 Å². The standard InChI is InChI=1S/C11H17N3O2/c1-8(11(13)15)16-10-4-2-3-9(7-10)14-6-5-12/h2-4,7-8,14H,5-6,12H2,1H3,(H2,13,15). The lowest BCUT2D eigenvalue weighted by Crippen LogP contribution is -2.30. The zero-order valence-corrected chi connectivity index (χ0v) is 9.27. The summed E-state index contributed by atoms with van der Waals surface area (Å²) in [5, 5.41) is 3.12. The minimum atomic E-state index is -0.634. The van der Waals surface area contributed by atoms with Crippen LogP contribution in [0.2, 0.25) is 0 Å². The van der Waals surface area contributed by atoms with Crippen molar-refractivity contribution in [2.45, 2.75) is 13.0 Å². The van der Waals surface area contributed by atoms with Gasteiger partial charge in [0.15, 0.2) is 6.10 Å². The van der Waals surface area contributed by atoms with E-state index in [0.717, 1.165) is 5.69 Å². The van der Waals surface area contributed by atoms with Crippen LogP contribution in [0.5, 0.6) is 5.75 Å². The molecule has 1 atom stereocenters. The van der Waals surface area contributed by atoms with Crippen molar-refractivity contribution in [1.82, 2.24) is 0 Å². The summed E-state index contributed by atoms with van der Waals surface area (Å²) >= 11 is 0. The Labute approximate surface area is 94.8 Å². The number of primary amides is 1. The molecule has 5 heteroatoms. The van der Waals surface area contributed by atoms with E-state index in [-0.39, 0.29) is 0 Å². The molecule has 0 spiro atoms. The summed E-state index contributed by atoms with van der Waals surface area (Å²) in [5.41, 5.74) is 11.4. The SMILES string of the molecule is CC(Oc1cccc(NCCN)c1)C(N)=O. The highest BCUT2D eigenvalue weighted by Gasteiger charge is 2.09. The third-order valence-electron chi connectivity index (χ3n) is 2.02.